The molecule has 0 spiro atoms. The van der Waals surface area contributed by atoms with E-state index < -0.39 is 0 Å². The first-order valence-corrected chi connectivity index (χ1v) is 31.4. The van der Waals surface area contributed by atoms with Gasteiger partial charge in [0.25, 0.3) is 0 Å². The zero-order valence-electron chi connectivity index (χ0n) is 46.5. The molecule has 0 saturated carbocycles. The van der Waals surface area contributed by atoms with Gasteiger partial charge in [-0.15, -0.1) is 0 Å². The lowest BCUT2D eigenvalue weighted by atomic mass is 10.0. The van der Waals surface area contributed by atoms with E-state index in [4.69, 9.17) is 24.0 Å². The lowest BCUT2D eigenvalue weighted by Crippen LogP contribution is -2.11. The molecule has 0 N–H and O–H groups in total. The van der Waals surface area contributed by atoms with Crippen LogP contribution in [-0.4, -0.2) is 46.4 Å². The summed E-state index contributed by atoms with van der Waals surface area (Å²) in [4.78, 5) is 10.2. The van der Waals surface area contributed by atoms with Crippen molar-refractivity contribution in [2.24, 2.45) is 0 Å². The van der Waals surface area contributed by atoms with E-state index in [-0.39, 0.29) is 6.79 Å². The summed E-state index contributed by atoms with van der Waals surface area (Å²) in [5.74, 6) is 0. The van der Waals surface area contributed by atoms with Crippen molar-refractivity contribution < 1.29 is 24.0 Å². The zero-order valence-corrected chi connectivity index (χ0v) is 46.5. The molecule has 0 bridgehead atoms. The number of hydrogen-bond donors (Lipinski definition) is 0. The highest BCUT2D eigenvalue weighted by atomic mass is 17.2. The predicted octanol–water partition coefficient (Wildman–Crippen LogP) is 21.7. The van der Waals surface area contributed by atoms with Gasteiger partial charge in [0.2, 0.25) is 0 Å². The molecule has 0 radical (unpaired) electrons. The van der Waals surface area contributed by atoms with E-state index in [9.17, 15) is 0 Å². The van der Waals surface area contributed by atoms with Crippen molar-refractivity contribution in [1.82, 2.24) is 0 Å². The van der Waals surface area contributed by atoms with Gasteiger partial charge in [-0.2, -0.15) is 0 Å². The monoisotopic (exact) mass is 951 g/mol. The highest BCUT2D eigenvalue weighted by molar-refractivity contribution is 4.55. The van der Waals surface area contributed by atoms with Gasteiger partial charge in [-0.25, -0.2) is 9.78 Å². The van der Waals surface area contributed by atoms with Gasteiger partial charge in [-0.3, -0.25) is 0 Å². The lowest BCUT2D eigenvalue weighted by molar-refractivity contribution is -0.339. The molecule has 0 unspecified atom stereocenters. The molecule has 0 aliphatic carbocycles. The molecule has 0 rings (SSSR count). The fraction of sp³-hybridized carbons (Fsp3) is 1.00. The molecule has 5 nitrogen and oxygen atoms in total. The van der Waals surface area contributed by atoms with Crippen LogP contribution in [0.3, 0.4) is 0 Å². The van der Waals surface area contributed by atoms with Crippen molar-refractivity contribution in [1.29, 1.82) is 0 Å². The summed E-state index contributed by atoms with van der Waals surface area (Å²) in [5, 5.41) is 0. The molecule has 0 aliphatic rings. The van der Waals surface area contributed by atoms with E-state index in [0.717, 1.165) is 26.1 Å². The lowest BCUT2D eigenvalue weighted by Gasteiger charge is -2.07. The summed E-state index contributed by atoms with van der Waals surface area (Å²) < 4.78 is 16.5. The minimum atomic E-state index is 0.195. The Morgan fingerprint density at radius 3 is 0.582 bits per heavy atom. The van der Waals surface area contributed by atoms with Crippen molar-refractivity contribution >= 4 is 0 Å². The van der Waals surface area contributed by atoms with Gasteiger partial charge in [0.1, 0.15) is 6.61 Å². The van der Waals surface area contributed by atoms with E-state index >= 15 is 0 Å². The van der Waals surface area contributed by atoms with Crippen LogP contribution < -0.4 is 0 Å². The van der Waals surface area contributed by atoms with E-state index in [1.54, 1.807) is 0 Å². The Bertz CT molecular complexity index is 745. The molecule has 0 aromatic carbocycles. The zero-order chi connectivity index (χ0) is 48.0. The number of unbranched alkanes of at least 4 members (excludes halogenated alkanes) is 51. The van der Waals surface area contributed by atoms with Gasteiger partial charge >= 0.3 is 0 Å². The number of hydrogen-bond acceptors (Lipinski definition) is 5. The van der Waals surface area contributed by atoms with E-state index in [1.807, 2.05) is 0 Å². The molecule has 404 valence electrons. The maximum atomic E-state index is 5.55. The number of rotatable bonds is 64. The smallest absolute Gasteiger partial charge is 0.180 e. The second-order valence-corrected chi connectivity index (χ2v) is 21.2. The van der Waals surface area contributed by atoms with E-state index in [0.29, 0.717) is 26.4 Å². The first kappa shape index (κ1) is 66.8. The third-order valence-electron chi connectivity index (χ3n) is 14.4. The molecule has 0 fully saturated rings. The third kappa shape index (κ3) is 65.8. The van der Waals surface area contributed by atoms with Crippen LogP contribution in [0.4, 0.5) is 0 Å². The molecule has 0 aromatic rings. The largest absolute Gasteiger partial charge is 0.379 e. The Labute approximate surface area is 422 Å². The molecular formula is C62H126O5. The first-order valence-electron chi connectivity index (χ1n) is 31.4. The Morgan fingerprint density at radius 1 is 0.149 bits per heavy atom. The summed E-state index contributed by atoms with van der Waals surface area (Å²) in [7, 11) is 0. The van der Waals surface area contributed by atoms with Crippen LogP contribution in [-0.2, 0) is 24.0 Å². The molecule has 0 aromatic heterocycles. The van der Waals surface area contributed by atoms with Crippen molar-refractivity contribution in [2.75, 3.05) is 46.4 Å². The maximum Gasteiger partial charge on any atom is 0.180 e. The van der Waals surface area contributed by atoms with E-state index in [2.05, 4.69) is 13.8 Å². The van der Waals surface area contributed by atoms with Crippen LogP contribution in [0.5, 0.6) is 0 Å². The first-order chi connectivity index (χ1) is 33.4. The quantitative estimate of drug-likeness (QED) is 0.0263. The second-order valence-electron chi connectivity index (χ2n) is 21.2. The van der Waals surface area contributed by atoms with Crippen molar-refractivity contribution in [3.05, 3.63) is 0 Å². The van der Waals surface area contributed by atoms with Crippen molar-refractivity contribution in [3.63, 3.8) is 0 Å². The second kappa shape index (κ2) is 65.8. The average Bonchev–Trinajstić information content (AvgIpc) is 3.34. The summed E-state index contributed by atoms with van der Waals surface area (Å²) in [6.45, 7) is 8.49. The van der Waals surface area contributed by atoms with Gasteiger partial charge in [0.05, 0.1) is 19.8 Å². The molecule has 0 atom stereocenters. The Balaban J connectivity index is 3.07. The summed E-state index contributed by atoms with van der Waals surface area (Å²) in [6, 6.07) is 0. The Kier molecular flexibility index (Phi) is 65.6. The molecular weight excluding hydrogens is 825 g/mol. The average molecular weight is 952 g/mol. The minimum absolute atomic E-state index is 0.195. The molecule has 0 heterocycles. The normalized spacial score (nSPS) is 11.7. The van der Waals surface area contributed by atoms with E-state index in [1.165, 1.54) is 327 Å². The van der Waals surface area contributed by atoms with Gasteiger partial charge in [-0.05, 0) is 12.8 Å². The van der Waals surface area contributed by atoms with Crippen molar-refractivity contribution in [2.45, 2.75) is 354 Å². The predicted molar refractivity (Wildman–Crippen MR) is 296 cm³/mol. The van der Waals surface area contributed by atoms with Gasteiger partial charge in [-0.1, -0.05) is 341 Å². The summed E-state index contributed by atoms with van der Waals surface area (Å²) >= 11 is 0. The fourth-order valence-electron chi connectivity index (χ4n) is 9.82. The fourth-order valence-corrected chi connectivity index (χ4v) is 9.82. The maximum absolute atomic E-state index is 5.55. The Hall–Kier alpha value is -0.200. The molecule has 0 saturated heterocycles. The molecule has 0 amide bonds. The van der Waals surface area contributed by atoms with Crippen LogP contribution in [0.2, 0.25) is 0 Å². The SMILES string of the molecule is CCCCCCCCCCCCCCCCCCCCCCCCCCCCCCCCCCCCCCCCCCCCCCCCCCCOCOOCCOCCOCCCCCC. The van der Waals surface area contributed by atoms with Crippen LogP contribution in [0.1, 0.15) is 354 Å². The topological polar surface area (TPSA) is 46.2 Å². The van der Waals surface area contributed by atoms with Crippen LogP contribution >= 0.6 is 0 Å². The van der Waals surface area contributed by atoms with Gasteiger partial charge in [0, 0.05) is 13.2 Å². The van der Waals surface area contributed by atoms with Crippen LogP contribution in [0, 0.1) is 0 Å². The van der Waals surface area contributed by atoms with Gasteiger partial charge in [0.15, 0.2) is 6.79 Å². The summed E-state index contributed by atoms with van der Waals surface area (Å²) in [6.07, 6.45) is 76.3. The van der Waals surface area contributed by atoms with Crippen LogP contribution in [0.25, 0.3) is 0 Å². The van der Waals surface area contributed by atoms with Gasteiger partial charge < -0.3 is 14.2 Å². The summed E-state index contributed by atoms with van der Waals surface area (Å²) in [5.41, 5.74) is 0. The van der Waals surface area contributed by atoms with Crippen LogP contribution in [0.15, 0.2) is 0 Å². The Morgan fingerprint density at radius 2 is 0.328 bits per heavy atom. The highest BCUT2D eigenvalue weighted by Gasteiger charge is 2.00. The highest BCUT2D eigenvalue weighted by Crippen LogP contribution is 2.19. The third-order valence-corrected chi connectivity index (χ3v) is 14.4. The molecule has 0 aliphatic heterocycles. The van der Waals surface area contributed by atoms with Crippen molar-refractivity contribution in [3.8, 4) is 0 Å². The minimum Gasteiger partial charge on any atom is -0.379 e. The number of ether oxygens (including phenoxy) is 3. The molecule has 67 heavy (non-hydrogen) atoms. The molecule has 5 heteroatoms. The standard InChI is InChI=1S/C62H126O5/c1-3-5-7-9-10-11-12-13-14-15-16-17-18-19-20-21-22-23-24-25-26-27-28-29-30-31-32-33-34-35-36-37-38-39-40-41-42-43-44-45-46-47-48-49-50-51-52-53-55-57-65-62-67-66-61-60-64-59-58-63-56-54-8-6-4-2/h3-62H2,1-2H3.